The summed E-state index contributed by atoms with van der Waals surface area (Å²) in [5.74, 6) is 1.04. The van der Waals surface area contributed by atoms with Gasteiger partial charge in [0.05, 0.1) is 13.7 Å². The number of carbonyl (C=O) groups is 1. The summed E-state index contributed by atoms with van der Waals surface area (Å²) in [5, 5.41) is 0. The second-order valence-corrected chi connectivity index (χ2v) is 3.58. The van der Waals surface area contributed by atoms with Crippen molar-refractivity contribution in [2.75, 3.05) is 27.4 Å². The van der Waals surface area contributed by atoms with Crippen molar-refractivity contribution in [2.24, 2.45) is 0 Å². The van der Waals surface area contributed by atoms with Gasteiger partial charge in [-0.25, -0.2) is 0 Å². The summed E-state index contributed by atoms with van der Waals surface area (Å²) < 4.78 is 15.6. The van der Waals surface area contributed by atoms with Crippen LogP contribution < -0.4 is 9.47 Å². The molecule has 0 saturated carbocycles. The van der Waals surface area contributed by atoms with Gasteiger partial charge < -0.3 is 14.2 Å². The minimum Gasteiger partial charge on any atom is -0.496 e. The van der Waals surface area contributed by atoms with Crippen molar-refractivity contribution in [3.8, 4) is 11.5 Å². The highest BCUT2D eigenvalue weighted by Gasteiger charge is 2.14. The first-order valence-electron chi connectivity index (χ1n) is 5.50. The Balaban J connectivity index is 2.79. The smallest absolute Gasteiger partial charge is 0.167 e. The summed E-state index contributed by atoms with van der Waals surface area (Å²) in [4.78, 5) is 11.6. The van der Waals surface area contributed by atoms with Crippen molar-refractivity contribution < 1.29 is 19.0 Å². The van der Waals surface area contributed by atoms with Crippen molar-refractivity contribution in [1.29, 1.82) is 0 Å². The van der Waals surface area contributed by atoms with E-state index in [1.807, 2.05) is 0 Å². The second-order valence-electron chi connectivity index (χ2n) is 3.58. The van der Waals surface area contributed by atoms with Crippen molar-refractivity contribution >= 4 is 5.78 Å². The molecule has 0 unspecified atom stereocenters. The van der Waals surface area contributed by atoms with E-state index in [0.29, 0.717) is 30.3 Å². The van der Waals surface area contributed by atoms with Crippen LogP contribution in [0.5, 0.6) is 11.5 Å². The molecule has 0 fully saturated rings. The van der Waals surface area contributed by atoms with Crippen LogP contribution in [0, 0.1) is 0 Å². The van der Waals surface area contributed by atoms with E-state index in [2.05, 4.69) is 0 Å². The fraction of sp³-hybridized carbons (Fsp3) is 0.462. The quantitative estimate of drug-likeness (QED) is 0.540. The van der Waals surface area contributed by atoms with Crippen molar-refractivity contribution in [3.05, 3.63) is 23.8 Å². The fourth-order valence-corrected chi connectivity index (χ4v) is 1.53. The van der Waals surface area contributed by atoms with Gasteiger partial charge in [0.25, 0.3) is 0 Å². The van der Waals surface area contributed by atoms with Gasteiger partial charge >= 0.3 is 0 Å². The van der Waals surface area contributed by atoms with Crippen LogP contribution >= 0.6 is 0 Å². The standard InChI is InChI=1S/C13H18O4/c1-10(14)13-11(16-3)6-4-7-12(13)17-9-5-8-15-2/h4,6-7H,5,8-9H2,1-3H3. The average Bonchev–Trinajstić information content (AvgIpc) is 2.33. The van der Waals surface area contributed by atoms with Gasteiger partial charge in [0.1, 0.15) is 17.1 Å². The van der Waals surface area contributed by atoms with Gasteiger partial charge in [-0.3, -0.25) is 4.79 Å². The lowest BCUT2D eigenvalue weighted by atomic mass is 10.1. The Hall–Kier alpha value is -1.55. The predicted molar refractivity (Wildman–Crippen MR) is 65.0 cm³/mol. The van der Waals surface area contributed by atoms with E-state index in [1.165, 1.54) is 14.0 Å². The Morgan fingerprint density at radius 2 is 1.88 bits per heavy atom. The van der Waals surface area contributed by atoms with Gasteiger partial charge in [-0.1, -0.05) is 6.07 Å². The van der Waals surface area contributed by atoms with E-state index in [0.717, 1.165) is 6.42 Å². The van der Waals surface area contributed by atoms with Crippen LogP contribution in [-0.4, -0.2) is 33.2 Å². The molecule has 0 amide bonds. The highest BCUT2D eigenvalue weighted by Crippen LogP contribution is 2.28. The van der Waals surface area contributed by atoms with Crippen LogP contribution in [0.2, 0.25) is 0 Å². The van der Waals surface area contributed by atoms with Gasteiger partial charge in [0.15, 0.2) is 5.78 Å². The van der Waals surface area contributed by atoms with Gasteiger partial charge in [0.2, 0.25) is 0 Å². The lowest BCUT2D eigenvalue weighted by molar-refractivity contribution is 0.101. The predicted octanol–water partition coefficient (Wildman–Crippen LogP) is 2.31. The number of ether oxygens (including phenoxy) is 3. The number of carbonyl (C=O) groups excluding carboxylic acids is 1. The molecular weight excluding hydrogens is 220 g/mol. The molecule has 0 heterocycles. The van der Waals surface area contributed by atoms with Crippen LogP contribution in [0.4, 0.5) is 0 Å². The molecule has 0 aliphatic heterocycles. The monoisotopic (exact) mass is 238 g/mol. The molecule has 0 aliphatic carbocycles. The van der Waals surface area contributed by atoms with Crippen molar-refractivity contribution in [2.45, 2.75) is 13.3 Å². The molecule has 4 nitrogen and oxygen atoms in total. The Morgan fingerprint density at radius 1 is 1.18 bits per heavy atom. The summed E-state index contributed by atoms with van der Waals surface area (Å²) in [6, 6.07) is 5.32. The Kier molecular flexibility index (Phi) is 5.49. The number of Topliss-reactive ketones (excluding diaryl/α,β-unsaturated/α-hetero) is 1. The Bertz CT molecular complexity index is 374. The molecule has 1 rings (SSSR count). The second kappa shape index (κ2) is 6.91. The molecule has 0 radical (unpaired) electrons. The van der Waals surface area contributed by atoms with Crippen LogP contribution in [0.25, 0.3) is 0 Å². The van der Waals surface area contributed by atoms with Crippen molar-refractivity contribution in [3.63, 3.8) is 0 Å². The molecule has 0 bridgehead atoms. The third-order valence-corrected chi connectivity index (χ3v) is 2.31. The maximum Gasteiger partial charge on any atom is 0.167 e. The third-order valence-electron chi connectivity index (χ3n) is 2.31. The molecule has 0 saturated heterocycles. The highest BCUT2D eigenvalue weighted by molar-refractivity contribution is 5.99. The Labute approximate surface area is 101 Å². The number of ketones is 1. The number of hydrogen-bond donors (Lipinski definition) is 0. The van der Waals surface area contributed by atoms with Crippen LogP contribution in [0.15, 0.2) is 18.2 Å². The molecule has 4 heteroatoms. The minimum absolute atomic E-state index is 0.0656. The number of methoxy groups -OCH3 is 2. The molecule has 1 aromatic rings. The van der Waals surface area contributed by atoms with E-state index in [-0.39, 0.29) is 5.78 Å². The highest BCUT2D eigenvalue weighted by atomic mass is 16.5. The third kappa shape index (κ3) is 3.75. The molecule has 0 atom stereocenters. The molecule has 0 spiro atoms. The molecule has 0 aliphatic rings. The van der Waals surface area contributed by atoms with E-state index < -0.39 is 0 Å². The number of benzene rings is 1. The SMILES string of the molecule is COCCCOc1cccc(OC)c1C(C)=O. The zero-order valence-electron chi connectivity index (χ0n) is 10.5. The van der Waals surface area contributed by atoms with Crippen molar-refractivity contribution in [1.82, 2.24) is 0 Å². The minimum atomic E-state index is -0.0656. The molecule has 17 heavy (non-hydrogen) atoms. The van der Waals surface area contributed by atoms with Crippen LogP contribution in [-0.2, 0) is 4.74 Å². The van der Waals surface area contributed by atoms with E-state index in [1.54, 1.807) is 25.3 Å². The van der Waals surface area contributed by atoms with Crippen LogP contribution in [0.3, 0.4) is 0 Å². The maximum absolute atomic E-state index is 11.6. The first kappa shape index (κ1) is 13.5. The Morgan fingerprint density at radius 3 is 2.47 bits per heavy atom. The van der Waals surface area contributed by atoms with Gasteiger partial charge in [0, 0.05) is 20.1 Å². The van der Waals surface area contributed by atoms with E-state index in [4.69, 9.17) is 14.2 Å². The van der Waals surface area contributed by atoms with Gasteiger partial charge in [-0.2, -0.15) is 0 Å². The van der Waals surface area contributed by atoms with Gasteiger partial charge in [-0.05, 0) is 19.1 Å². The lowest BCUT2D eigenvalue weighted by Crippen LogP contribution is -2.06. The first-order chi connectivity index (χ1) is 8.20. The number of rotatable bonds is 7. The maximum atomic E-state index is 11.6. The lowest BCUT2D eigenvalue weighted by Gasteiger charge is -2.12. The number of hydrogen-bond acceptors (Lipinski definition) is 4. The zero-order valence-corrected chi connectivity index (χ0v) is 10.5. The summed E-state index contributed by atoms with van der Waals surface area (Å²) >= 11 is 0. The zero-order chi connectivity index (χ0) is 12.7. The topological polar surface area (TPSA) is 44.8 Å². The molecule has 1 aromatic carbocycles. The molecule has 0 aromatic heterocycles. The average molecular weight is 238 g/mol. The molecular formula is C13H18O4. The summed E-state index contributed by atoms with van der Waals surface area (Å²) in [7, 11) is 3.18. The molecule has 94 valence electrons. The largest absolute Gasteiger partial charge is 0.496 e. The van der Waals surface area contributed by atoms with E-state index in [9.17, 15) is 4.79 Å². The van der Waals surface area contributed by atoms with Crippen LogP contribution in [0.1, 0.15) is 23.7 Å². The van der Waals surface area contributed by atoms with Gasteiger partial charge in [-0.15, -0.1) is 0 Å². The first-order valence-corrected chi connectivity index (χ1v) is 5.50. The summed E-state index contributed by atoms with van der Waals surface area (Å²) in [6.07, 6.45) is 0.783. The molecule has 0 N–H and O–H groups in total. The summed E-state index contributed by atoms with van der Waals surface area (Å²) in [6.45, 7) is 2.65. The van der Waals surface area contributed by atoms with E-state index >= 15 is 0 Å². The normalized spacial score (nSPS) is 10.1. The fourth-order valence-electron chi connectivity index (χ4n) is 1.53. The summed E-state index contributed by atoms with van der Waals surface area (Å²) in [5.41, 5.74) is 0.493.